The summed E-state index contributed by atoms with van der Waals surface area (Å²) in [5.41, 5.74) is 1.45. The molecular weight excluding hydrogens is 311 g/mol. The quantitative estimate of drug-likeness (QED) is 0.885. The van der Waals surface area contributed by atoms with E-state index in [1.54, 1.807) is 49.6 Å². The van der Waals surface area contributed by atoms with Crippen molar-refractivity contribution < 1.29 is 14.6 Å². The molecule has 110 valence electrons. The van der Waals surface area contributed by atoms with E-state index in [0.29, 0.717) is 27.8 Å². The third-order valence-electron chi connectivity index (χ3n) is 3.24. The molecule has 2 aromatic rings. The van der Waals surface area contributed by atoms with Crippen LogP contribution < -0.4 is 4.74 Å². The average molecular weight is 325 g/mol. The number of carboxylic acid groups (broad SMARTS) is 1. The summed E-state index contributed by atoms with van der Waals surface area (Å²) in [5.74, 6) is -0.964. The first-order chi connectivity index (χ1) is 10.0. The highest BCUT2D eigenvalue weighted by molar-refractivity contribution is 6.30. The molecule has 0 bridgehead atoms. The Morgan fingerprint density at radius 1 is 1.14 bits per heavy atom. The van der Waals surface area contributed by atoms with Crippen molar-refractivity contribution in [1.82, 2.24) is 0 Å². The van der Waals surface area contributed by atoms with Gasteiger partial charge in [0.05, 0.1) is 13.0 Å². The number of halogens is 2. The second kappa shape index (κ2) is 6.83. The molecule has 2 aromatic carbocycles. The molecule has 1 unspecified atom stereocenters. The molecule has 0 saturated carbocycles. The minimum Gasteiger partial charge on any atom is -0.496 e. The minimum atomic E-state index is -0.903. The number of aliphatic carboxylic acids is 1. The fourth-order valence-corrected chi connectivity index (χ4v) is 2.49. The van der Waals surface area contributed by atoms with E-state index in [1.165, 1.54) is 0 Å². The lowest BCUT2D eigenvalue weighted by molar-refractivity contribution is -0.138. The first-order valence-electron chi connectivity index (χ1n) is 6.32. The largest absolute Gasteiger partial charge is 0.496 e. The van der Waals surface area contributed by atoms with E-state index in [4.69, 9.17) is 27.9 Å². The van der Waals surface area contributed by atoms with Gasteiger partial charge in [-0.1, -0.05) is 35.3 Å². The Bertz CT molecular complexity index is 638. The zero-order chi connectivity index (χ0) is 15.4. The highest BCUT2D eigenvalue weighted by atomic mass is 35.5. The molecule has 0 aliphatic heterocycles. The summed E-state index contributed by atoms with van der Waals surface area (Å²) in [6.45, 7) is 0. The Balaban J connectivity index is 2.35. The van der Waals surface area contributed by atoms with E-state index in [0.717, 1.165) is 5.56 Å². The van der Waals surface area contributed by atoms with Crippen LogP contribution in [0, 0.1) is 0 Å². The molecule has 21 heavy (non-hydrogen) atoms. The van der Waals surface area contributed by atoms with Gasteiger partial charge in [0, 0.05) is 10.0 Å². The van der Waals surface area contributed by atoms with Gasteiger partial charge in [0.15, 0.2) is 0 Å². The highest BCUT2D eigenvalue weighted by Crippen LogP contribution is 2.29. The van der Waals surface area contributed by atoms with Crippen molar-refractivity contribution in [2.24, 2.45) is 0 Å². The summed E-state index contributed by atoms with van der Waals surface area (Å²) in [5, 5.41) is 10.6. The molecule has 0 radical (unpaired) electrons. The summed E-state index contributed by atoms with van der Waals surface area (Å²) in [7, 11) is 1.55. The number of hydrogen-bond acceptors (Lipinski definition) is 2. The van der Waals surface area contributed by atoms with E-state index in [2.05, 4.69) is 0 Å². The molecule has 0 fully saturated rings. The maximum Gasteiger partial charge on any atom is 0.311 e. The Labute approximate surface area is 133 Å². The van der Waals surface area contributed by atoms with E-state index in [9.17, 15) is 9.90 Å². The maximum absolute atomic E-state index is 11.6. The topological polar surface area (TPSA) is 46.5 Å². The Morgan fingerprint density at radius 2 is 1.76 bits per heavy atom. The molecule has 1 N–H and O–H groups in total. The number of ether oxygens (including phenoxy) is 1. The standard InChI is InChI=1S/C16H14Cl2O3/c1-21-15-7-6-13(18)8-11(15)9-14(16(19)20)10-2-4-12(17)5-3-10/h2-8,14H,9H2,1H3,(H,19,20). The number of carboxylic acids is 1. The zero-order valence-electron chi connectivity index (χ0n) is 11.3. The number of carbonyl (C=O) groups is 1. The van der Waals surface area contributed by atoms with Crippen LogP contribution in [0.25, 0.3) is 0 Å². The second-order valence-electron chi connectivity index (χ2n) is 4.60. The van der Waals surface area contributed by atoms with Gasteiger partial charge in [-0.25, -0.2) is 0 Å². The monoisotopic (exact) mass is 324 g/mol. The molecule has 0 heterocycles. The van der Waals surface area contributed by atoms with Crippen LogP contribution >= 0.6 is 23.2 Å². The zero-order valence-corrected chi connectivity index (χ0v) is 12.9. The molecule has 0 amide bonds. The number of methoxy groups -OCH3 is 1. The molecular formula is C16H14Cl2O3. The third kappa shape index (κ3) is 3.90. The normalized spacial score (nSPS) is 12.0. The summed E-state index contributed by atoms with van der Waals surface area (Å²) >= 11 is 11.8. The van der Waals surface area contributed by atoms with Crippen LogP contribution in [0.3, 0.4) is 0 Å². The van der Waals surface area contributed by atoms with Gasteiger partial charge < -0.3 is 9.84 Å². The first kappa shape index (κ1) is 15.7. The molecule has 0 spiro atoms. The minimum absolute atomic E-state index is 0.292. The molecule has 3 nitrogen and oxygen atoms in total. The molecule has 0 saturated heterocycles. The fourth-order valence-electron chi connectivity index (χ4n) is 2.17. The van der Waals surface area contributed by atoms with Crippen LogP contribution in [-0.2, 0) is 11.2 Å². The molecule has 5 heteroatoms. The summed E-state index contributed by atoms with van der Waals surface area (Å²) in [6, 6.07) is 12.0. The van der Waals surface area contributed by atoms with Gasteiger partial charge in [-0.3, -0.25) is 4.79 Å². The van der Waals surface area contributed by atoms with E-state index in [-0.39, 0.29) is 0 Å². The van der Waals surface area contributed by atoms with Crippen LogP contribution in [0.1, 0.15) is 17.0 Å². The second-order valence-corrected chi connectivity index (χ2v) is 5.48. The summed E-state index contributed by atoms with van der Waals surface area (Å²) in [6.07, 6.45) is 0.292. The van der Waals surface area contributed by atoms with Crippen LogP contribution in [-0.4, -0.2) is 18.2 Å². The molecule has 0 aliphatic rings. The smallest absolute Gasteiger partial charge is 0.311 e. The van der Waals surface area contributed by atoms with Crippen LogP contribution in [0.5, 0.6) is 5.75 Å². The van der Waals surface area contributed by atoms with Crippen LogP contribution in [0.4, 0.5) is 0 Å². The molecule has 1 atom stereocenters. The van der Waals surface area contributed by atoms with Gasteiger partial charge in [0.2, 0.25) is 0 Å². The maximum atomic E-state index is 11.6. The Hall–Kier alpha value is -1.71. The van der Waals surface area contributed by atoms with Crippen molar-refractivity contribution >= 4 is 29.2 Å². The third-order valence-corrected chi connectivity index (χ3v) is 3.72. The first-order valence-corrected chi connectivity index (χ1v) is 7.07. The fraction of sp³-hybridized carbons (Fsp3) is 0.188. The molecule has 0 aliphatic carbocycles. The average Bonchev–Trinajstić information content (AvgIpc) is 2.46. The lowest BCUT2D eigenvalue weighted by atomic mass is 9.91. The lowest BCUT2D eigenvalue weighted by Gasteiger charge is -2.15. The van der Waals surface area contributed by atoms with Gasteiger partial charge in [-0.2, -0.15) is 0 Å². The lowest BCUT2D eigenvalue weighted by Crippen LogP contribution is -2.15. The van der Waals surface area contributed by atoms with Crippen molar-refractivity contribution in [3.8, 4) is 5.75 Å². The van der Waals surface area contributed by atoms with Gasteiger partial charge in [-0.05, 0) is 47.9 Å². The summed E-state index contributed by atoms with van der Waals surface area (Å²) < 4.78 is 5.26. The van der Waals surface area contributed by atoms with Crippen LogP contribution in [0.2, 0.25) is 10.0 Å². The van der Waals surface area contributed by atoms with Crippen molar-refractivity contribution in [3.63, 3.8) is 0 Å². The number of hydrogen-bond donors (Lipinski definition) is 1. The van der Waals surface area contributed by atoms with E-state index >= 15 is 0 Å². The molecule has 0 aromatic heterocycles. The molecule has 2 rings (SSSR count). The highest BCUT2D eigenvalue weighted by Gasteiger charge is 2.22. The van der Waals surface area contributed by atoms with Crippen LogP contribution in [0.15, 0.2) is 42.5 Å². The predicted molar refractivity (Wildman–Crippen MR) is 83.5 cm³/mol. The van der Waals surface area contributed by atoms with Gasteiger partial charge in [0.25, 0.3) is 0 Å². The predicted octanol–water partition coefficient (Wildman–Crippen LogP) is 4.41. The number of benzene rings is 2. The van der Waals surface area contributed by atoms with Gasteiger partial charge in [-0.15, -0.1) is 0 Å². The summed E-state index contributed by atoms with van der Waals surface area (Å²) in [4.78, 5) is 11.6. The van der Waals surface area contributed by atoms with E-state index < -0.39 is 11.9 Å². The van der Waals surface area contributed by atoms with Crippen molar-refractivity contribution in [3.05, 3.63) is 63.6 Å². The van der Waals surface area contributed by atoms with Crippen molar-refractivity contribution in [1.29, 1.82) is 0 Å². The Morgan fingerprint density at radius 3 is 2.33 bits per heavy atom. The van der Waals surface area contributed by atoms with Gasteiger partial charge >= 0.3 is 5.97 Å². The van der Waals surface area contributed by atoms with E-state index in [1.807, 2.05) is 0 Å². The van der Waals surface area contributed by atoms with Crippen molar-refractivity contribution in [2.45, 2.75) is 12.3 Å². The van der Waals surface area contributed by atoms with Crippen molar-refractivity contribution in [2.75, 3.05) is 7.11 Å². The van der Waals surface area contributed by atoms with Gasteiger partial charge in [0.1, 0.15) is 5.75 Å². The Kier molecular flexibility index (Phi) is 5.10. The number of rotatable bonds is 5. The SMILES string of the molecule is COc1ccc(Cl)cc1CC(C(=O)O)c1ccc(Cl)cc1.